The highest BCUT2D eigenvalue weighted by molar-refractivity contribution is 14.1. The molecule has 7 heteroatoms. The highest BCUT2D eigenvalue weighted by atomic mass is 127. The number of rotatable bonds is 1. The van der Waals surface area contributed by atoms with Crippen LogP contribution in [0.25, 0.3) is 5.65 Å². The molecule has 0 N–H and O–H groups in total. The third kappa shape index (κ3) is 2.16. The molecule has 0 radical (unpaired) electrons. The Hall–Kier alpha value is -0.990. The molecule has 0 saturated carbocycles. The van der Waals surface area contributed by atoms with E-state index in [2.05, 4.69) is 9.72 Å². The monoisotopic (exact) mass is 328 g/mol. The van der Waals surface area contributed by atoms with Crippen LogP contribution in [0.4, 0.5) is 13.2 Å². The summed E-state index contributed by atoms with van der Waals surface area (Å²) in [5.41, 5.74) is 0.418. The minimum absolute atomic E-state index is 0.177. The second kappa shape index (κ2) is 3.54. The molecule has 0 fully saturated rings. The van der Waals surface area contributed by atoms with Crippen LogP contribution in [0.5, 0.6) is 5.88 Å². The summed E-state index contributed by atoms with van der Waals surface area (Å²) in [4.78, 5) is 3.92. The summed E-state index contributed by atoms with van der Waals surface area (Å²) in [6, 6.07) is 4.90. The summed E-state index contributed by atoms with van der Waals surface area (Å²) in [7, 11) is 0. The SMILES string of the molecule is FC(F)(F)Oc1c(I)nc2ccccn12. The van der Waals surface area contributed by atoms with E-state index in [9.17, 15) is 13.2 Å². The van der Waals surface area contributed by atoms with Gasteiger partial charge in [0.25, 0.3) is 0 Å². The molecule has 2 rings (SSSR count). The van der Waals surface area contributed by atoms with Crippen molar-refractivity contribution in [1.82, 2.24) is 9.38 Å². The molecule has 0 aliphatic carbocycles. The van der Waals surface area contributed by atoms with Crippen molar-refractivity contribution in [3.05, 3.63) is 28.1 Å². The van der Waals surface area contributed by atoms with E-state index in [1.54, 1.807) is 40.8 Å². The van der Waals surface area contributed by atoms with Crippen LogP contribution in [0, 0.1) is 3.70 Å². The van der Waals surface area contributed by atoms with Crippen molar-refractivity contribution >= 4 is 28.2 Å². The van der Waals surface area contributed by atoms with Crippen LogP contribution in [-0.4, -0.2) is 15.7 Å². The molecule has 0 aliphatic rings. The predicted octanol–water partition coefficient (Wildman–Crippen LogP) is 2.84. The summed E-state index contributed by atoms with van der Waals surface area (Å²) in [5.74, 6) is -0.307. The Morgan fingerprint density at radius 2 is 2.07 bits per heavy atom. The lowest BCUT2D eigenvalue weighted by Gasteiger charge is -2.07. The Morgan fingerprint density at radius 1 is 1.33 bits per heavy atom. The fourth-order valence-electron chi connectivity index (χ4n) is 1.15. The molecule has 2 aromatic rings. The molecule has 0 spiro atoms. The maximum Gasteiger partial charge on any atom is 0.574 e. The molecule has 0 bridgehead atoms. The number of fused-ring (bicyclic) bond motifs is 1. The van der Waals surface area contributed by atoms with Crippen molar-refractivity contribution in [2.75, 3.05) is 0 Å². The predicted molar refractivity (Wildman–Crippen MR) is 54.6 cm³/mol. The largest absolute Gasteiger partial charge is 0.574 e. The van der Waals surface area contributed by atoms with E-state index in [0.717, 1.165) is 0 Å². The van der Waals surface area contributed by atoms with Crippen LogP contribution in [-0.2, 0) is 0 Å². The van der Waals surface area contributed by atoms with Gasteiger partial charge >= 0.3 is 6.36 Å². The highest BCUT2D eigenvalue weighted by Crippen LogP contribution is 2.28. The average Bonchev–Trinajstić information content (AvgIpc) is 2.41. The normalized spacial score (nSPS) is 12.0. The van der Waals surface area contributed by atoms with Crippen molar-refractivity contribution in [2.45, 2.75) is 6.36 Å². The summed E-state index contributed by atoms with van der Waals surface area (Å²) >= 11 is 1.70. The number of halogens is 4. The van der Waals surface area contributed by atoms with Crippen LogP contribution < -0.4 is 4.74 Å². The van der Waals surface area contributed by atoms with Crippen LogP contribution >= 0.6 is 22.6 Å². The second-order valence-electron chi connectivity index (χ2n) is 2.68. The minimum Gasteiger partial charge on any atom is -0.386 e. The van der Waals surface area contributed by atoms with E-state index in [1.807, 2.05) is 0 Å². The first kappa shape index (κ1) is 10.5. The van der Waals surface area contributed by atoms with Crippen LogP contribution in [0.2, 0.25) is 0 Å². The van der Waals surface area contributed by atoms with Gasteiger partial charge < -0.3 is 4.74 Å². The topological polar surface area (TPSA) is 26.5 Å². The first-order valence-electron chi connectivity index (χ1n) is 3.86. The molecule has 2 heterocycles. The van der Waals surface area contributed by atoms with Gasteiger partial charge in [-0.1, -0.05) is 6.07 Å². The first-order valence-corrected chi connectivity index (χ1v) is 4.93. The van der Waals surface area contributed by atoms with Crippen LogP contribution in [0.3, 0.4) is 0 Å². The van der Waals surface area contributed by atoms with Crippen molar-refractivity contribution in [1.29, 1.82) is 0 Å². The lowest BCUT2D eigenvalue weighted by molar-refractivity contribution is -0.276. The lowest BCUT2D eigenvalue weighted by atomic mass is 10.5. The van der Waals surface area contributed by atoms with Crippen molar-refractivity contribution < 1.29 is 17.9 Å². The Balaban J connectivity index is 2.54. The summed E-state index contributed by atoms with van der Waals surface area (Å²) in [6.07, 6.45) is -3.24. The van der Waals surface area contributed by atoms with E-state index >= 15 is 0 Å². The van der Waals surface area contributed by atoms with Crippen molar-refractivity contribution in [2.24, 2.45) is 0 Å². The maximum absolute atomic E-state index is 12.1. The van der Waals surface area contributed by atoms with Crippen LogP contribution in [0.15, 0.2) is 24.4 Å². The van der Waals surface area contributed by atoms with E-state index in [-0.39, 0.29) is 9.58 Å². The molecule has 80 valence electrons. The highest BCUT2D eigenvalue weighted by Gasteiger charge is 2.33. The Morgan fingerprint density at radius 3 is 2.73 bits per heavy atom. The zero-order valence-corrected chi connectivity index (χ0v) is 9.28. The number of aromatic nitrogens is 2. The van der Waals surface area contributed by atoms with Gasteiger partial charge in [0, 0.05) is 6.20 Å². The van der Waals surface area contributed by atoms with E-state index < -0.39 is 6.36 Å². The Kier molecular flexibility index (Phi) is 2.49. The van der Waals surface area contributed by atoms with E-state index in [4.69, 9.17) is 0 Å². The molecule has 0 atom stereocenters. The number of hydrogen-bond donors (Lipinski definition) is 0. The zero-order chi connectivity index (χ0) is 11.1. The number of alkyl halides is 3. The molecule has 0 unspecified atom stereocenters. The number of imidazole rings is 1. The number of ether oxygens (including phenoxy) is 1. The quantitative estimate of drug-likeness (QED) is 0.753. The van der Waals surface area contributed by atoms with Gasteiger partial charge in [-0.2, -0.15) is 0 Å². The minimum atomic E-state index is -4.70. The second-order valence-corrected chi connectivity index (χ2v) is 3.71. The number of pyridine rings is 1. The molecule has 15 heavy (non-hydrogen) atoms. The van der Waals surface area contributed by atoms with E-state index in [0.29, 0.717) is 5.65 Å². The van der Waals surface area contributed by atoms with Gasteiger partial charge in [0.05, 0.1) is 0 Å². The van der Waals surface area contributed by atoms with Crippen LogP contribution in [0.1, 0.15) is 0 Å². The maximum atomic E-state index is 12.1. The summed E-state index contributed by atoms with van der Waals surface area (Å²) < 4.78 is 41.5. The van der Waals surface area contributed by atoms with Crippen molar-refractivity contribution in [3.63, 3.8) is 0 Å². The van der Waals surface area contributed by atoms with Gasteiger partial charge in [0.15, 0.2) is 3.70 Å². The molecule has 0 aromatic carbocycles. The standard InChI is InChI=1S/C8H4F3IN2O/c9-8(10,11)15-7-6(12)13-5-3-1-2-4-14(5)7/h1-4H. The summed E-state index contributed by atoms with van der Waals surface area (Å²) in [5, 5.41) is 0. The number of nitrogens with zero attached hydrogens (tertiary/aromatic N) is 2. The third-order valence-electron chi connectivity index (χ3n) is 1.66. The zero-order valence-electron chi connectivity index (χ0n) is 7.12. The van der Waals surface area contributed by atoms with Gasteiger partial charge in [-0.3, -0.25) is 4.40 Å². The average molecular weight is 328 g/mol. The Labute approximate surface area is 96.0 Å². The van der Waals surface area contributed by atoms with Gasteiger partial charge in [-0.05, 0) is 34.7 Å². The Bertz CT molecular complexity index is 494. The van der Waals surface area contributed by atoms with Crippen molar-refractivity contribution in [3.8, 4) is 5.88 Å². The molecule has 0 amide bonds. The molecule has 2 aromatic heterocycles. The molecule has 0 saturated heterocycles. The fourth-order valence-corrected chi connectivity index (χ4v) is 1.76. The fraction of sp³-hybridized carbons (Fsp3) is 0.125. The number of hydrogen-bond acceptors (Lipinski definition) is 2. The van der Waals surface area contributed by atoms with Gasteiger partial charge in [0.1, 0.15) is 5.65 Å². The smallest absolute Gasteiger partial charge is 0.386 e. The molecule has 3 nitrogen and oxygen atoms in total. The van der Waals surface area contributed by atoms with Gasteiger partial charge in [-0.25, -0.2) is 4.98 Å². The van der Waals surface area contributed by atoms with Gasteiger partial charge in [-0.15, -0.1) is 13.2 Å². The molecule has 0 aliphatic heterocycles. The third-order valence-corrected chi connectivity index (χ3v) is 2.36. The lowest BCUT2D eigenvalue weighted by Crippen LogP contribution is -2.18. The van der Waals surface area contributed by atoms with E-state index in [1.165, 1.54) is 10.6 Å². The van der Waals surface area contributed by atoms with Gasteiger partial charge in [0.2, 0.25) is 5.88 Å². The molecular formula is C8H4F3IN2O. The summed E-state index contributed by atoms with van der Waals surface area (Å²) in [6.45, 7) is 0. The molecular weight excluding hydrogens is 324 g/mol. The first-order chi connectivity index (χ1) is 6.97.